The molecule has 0 radical (unpaired) electrons. The van der Waals surface area contributed by atoms with Crippen molar-refractivity contribution < 1.29 is 9.13 Å². The zero-order chi connectivity index (χ0) is 14.4. The first-order valence-electron chi connectivity index (χ1n) is 6.64. The molecule has 0 spiro atoms. The molecule has 2 aromatic rings. The molecule has 0 aliphatic carbocycles. The summed E-state index contributed by atoms with van der Waals surface area (Å²) in [6.45, 7) is 5.65. The van der Waals surface area contributed by atoms with Gasteiger partial charge in [0.1, 0.15) is 11.6 Å². The van der Waals surface area contributed by atoms with Gasteiger partial charge in [-0.25, -0.2) is 14.4 Å². The fraction of sp³-hybridized carbons (Fsp3) is 0.333. The zero-order valence-electron chi connectivity index (χ0n) is 11.7. The molecule has 1 N–H and O–H groups in total. The van der Waals surface area contributed by atoms with Crippen LogP contribution in [0.4, 0.5) is 4.39 Å². The highest BCUT2D eigenvalue weighted by Gasteiger charge is 2.05. The van der Waals surface area contributed by atoms with Gasteiger partial charge in [-0.1, -0.05) is 13.0 Å². The van der Waals surface area contributed by atoms with E-state index in [1.54, 1.807) is 18.5 Å². The van der Waals surface area contributed by atoms with Gasteiger partial charge in [0.25, 0.3) is 0 Å². The first kappa shape index (κ1) is 14.4. The molecule has 4 nitrogen and oxygen atoms in total. The van der Waals surface area contributed by atoms with E-state index in [-0.39, 0.29) is 11.8 Å². The summed E-state index contributed by atoms with van der Waals surface area (Å²) >= 11 is 0. The van der Waals surface area contributed by atoms with Crippen LogP contribution >= 0.6 is 0 Å². The van der Waals surface area contributed by atoms with Crippen LogP contribution in [0.2, 0.25) is 0 Å². The summed E-state index contributed by atoms with van der Waals surface area (Å²) in [5.41, 5.74) is 1.82. The Bertz CT molecular complexity index is 558. The molecule has 1 heterocycles. The van der Waals surface area contributed by atoms with Gasteiger partial charge in [0, 0.05) is 30.6 Å². The van der Waals surface area contributed by atoms with Gasteiger partial charge in [-0.15, -0.1) is 0 Å². The number of aromatic nitrogens is 2. The molecule has 106 valence electrons. The van der Waals surface area contributed by atoms with Crippen LogP contribution in [0.3, 0.4) is 0 Å². The van der Waals surface area contributed by atoms with E-state index in [0.29, 0.717) is 5.75 Å². The highest BCUT2D eigenvalue weighted by atomic mass is 19.1. The number of hydrogen-bond acceptors (Lipinski definition) is 4. The third-order valence-corrected chi connectivity index (χ3v) is 2.79. The van der Waals surface area contributed by atoms with E-state index < -0.39 is 0 Å². The Morgan fingerprint density at radius 1 is 1.25 bits per heavy atom. The summed E-state index contributed by atoms with van der Waals surface area (Å²) in [6.07, 6.45) is 4.50. The summed E-state index contributed by atoms with van der Waals surface area (Å²) in [5.74, 6) is 0.0906. The minimum atomic E-state index is -0.342. The first-order valence-corrected chi connectivity index (χ1v) is 6.64. The predicted octanol–water partition coefficient (Wildman–Crippen LogP) is 3.22. The number of halogens is 1. The number of hydrogen-bond donors (Lipinski definition) is 1. The molecular formula is C15H18FN3O. The lowest BCUT2D eigenvalue weighted by atomic mass is 10.2. The second-order valence-corrected chi connectivity index (χ2v) is 4.56. The summed E-state index contributed by atoms with van der Waals surface area (Å²) < 4.78 is 18.6. The molecule has 0 saturated carbocycles. The monoisotopic (exact) mass is 275 g/mol. The van der Waals surface area contributed by atoms with Crippen molar-refractivity contribution in [3.05, 3.63) is 47.5 Å². The van der Waals surface area contributed by atoms with Crippen LogP contribution in [0.5, 0.6) is 11.8 Å². The maximum Gasteiger partial charge on any atom is 0.321 e. The number of nitrogens with zero attached hydrogens (tertiary/aromatic N) is 2. The van der Waals surface area contributed by atoms with Crippen LogP contribution in [0.1, 0.15) is 24.5 Å². The molecule has 0 unspecified atom stereocenters. The lowest BCUT2D eigenvalue weighted by Crippen LogP contribution is -2.14. The minimum absolute atomic E-state index is 0.220. The number of ether oxygens (including phenoxy) is 1. The summed E-state index contributed by atoms with van der Waals surface area (Å²) in [4.78, 5) is 8.26. The molecular weight excluding hydrogens is 257 g/mol. The molecule has 0 fully saturated rings. The second kappa shape index (κ2) is 6.96. The van der Waals surface area contributed by atoms with Crippen molar-refractivity contribution in [2.75, 3.05) is 6.54 Å². The molecule has 5 heteroatoms. The van der Waals surface area contributed by atoms with Crippen molar-refractivity contribution in [2.24, 2.45) is 0 Å². The lowest BCUT2D eigenvalue weighted by molar-refractivity contribution is 0.433. The fourth-order valence-corrected chi connectivity index (χ4v) is 1.68. The Balaban J connectivity index is 2.01. The highest BCUT2D eigenvalue weighted by molar-refractivity contribution is 5.34. The summed E-state index contributed by atoms with van der Waals surface area (Å²) in [7, 11) is 0. The predicted molar refractivity (Wildman–Crippen MR) is 75.2 cm³/mol. The number of rotatable bonds is 6. The molecule has 0 saturated heterocycles. The van der Waals surface area contributed by atoms with Gasteiger partial charge < -0.3 is 10.1 Å². The Labute approximate surface area is 118 Å². The maximum atomic E-state index is 13.2. The molecule has 0 bridgehead atoms. The van der Waals surface area contributed by atoms with Gasteiger partial charge in [-0.2, -0.15) is 0 Å². The largest absolute Gasteiger partial charge is 0.424 e. The average Bonchev–Trinajstić information content (AvgIpc) is 2.45. The van der Waals surface area contributed by atoms with E-state index >= 15 is 0 Å². The average molecular weight is 275 g/mol. The molecule has 0 atom stereocenters. The Morgan fingerprint density at radius 3 is 2.70 bits per heavy atom. The Hall–Kier alpha value is -2.01. The van der Waals surface area contributed by atoms with Crippen LogP contribution in [-0.2, 0) is 6.54 Å². The van der Waals surface area contributed by atoms with Crippen molar-refractivity contribution in [3.8, 4) is 11.8 Å². The third kappa shape index (κ3) is 3.99. The van der Waals surface area contributed by atoms with Crippen LogP contribution in [0.15, 0.2) is 30.6 Å². The van der Waals surface area contributed by atoms with Crippen LogP contribution < -0.4 is 10.1 Å². The Morgan fingerprint density at radius 2 is 2.00 bits per heavy atom. The van der Waals surface area contributed by atoms with Crippen molar-refractivity contribution in [1.82, 2.24) is 15.3 Å². The van der Waals surface area contributed by atoms with E-state index in [1.165, 1.54) is 12.1 Å². The van der Waals surface area contributed by atoms with Crippen LogP contribution in [-0.4, -0.2) is 16.5 Å². The van der Waals surface area contributed by atoms with Gasteiger partial charge in [0.15, 0.2) is 0 Å². The fourth-order valence-electron chi connectivity index (χ4n) is 1.68. The minimum Gasteiger partial charge on any atom is -0.424 e. The van der Waals surface area contributed by atoms with Crippen molar-refractivity contribution in [3.63, 3.8) is 0 Å². The van der Waals surface area contributed by atoms with Crippen LogP contribution in [0, 0.1) is 12.7 Å². The summed E-state index contributed by atoms with van der Waals surface area (Å²) in [6, 6.07) is 4.60. The van der Waals surface area contributed by atoms with Crippen molar-refractivity contribution in [1.29, 1.82) is 0 Å². The van der Waals surface area contributed by atoms with E-state index in [4.69, 9.17) is 4.74 Å². The molecule has 1 aromatic heterocycles. The Kier molecular flexibility index (Phi) is 5.01. The van der Waals surface area contributed by atoms with Crippen LogP contribution in [0.25, 0.3) is 0 Å². The standard InChI is InChI=1S/C15H18FN3O/c1-3-6-17-8-12-9-18-15(19-10-12)20-14-7-13(16)5-4-11(14)2/h4-5,7,9-10,17H,3,6,8H2,1-2H3. The topological polar surface area (TPSA) is 47.0 Å². The lowest BCUT2D eigenvalue weighted by Gasteiger charge is -2.07. The second-order valence-electron chi connectivity index (χ2n) is 4.56. The zero-order valence-corrected chi connectivity index (χ0v) is 11.7. The number of nitrogens with one attached hydrogen (secondary N) is 1. The normalized spacial score (nSPS) is 10.6. The molecule has 20 heavy (non-hydrogen) atoms. The highest BCUT2D eigenvalue weighted by Crippen LogP contribution is 2.23. The third-order valence-electron chi connectivity index (χ3n) is 2.79. The first-order chi connectivity index (χ1) is 9.69. The molecule has 2 rings (SSSR count). The number of benzene rings is 1. The smallest absolute Gasteiger partial charge is 0.321 e. The van der Waals surface area contributed by atoms with Gasteiger partial charge in [0.05, 0.1) is 0 Å². The van der Waals surface area contributed by atoms with Gasteiger partial charge >= 0.3 is 6.01 Å². The molecule has 1 aromatic carbocycles. The molecule has 0 aliphatic heterocycles. The van der Waals surface area contributed by atoms with Crippen molar-refractivity contribution in [2.45, 2.75) is 26.8 Å². The SMILES string of the molecule is CCCNCc1cnc(Oc2cc(F)ccc2C)nc1. The summed E-state index contributed by atoms with van der Waals surface area (Å²) in [5, 5.41) is 3.27. The van der Waals surface area contributed by atoms with Gasteiger partial charge in [-0.3, -0.25) is 0 Å². The van der Waals surface area contributed by atoms with E-state index in [9.17, 15) is 4.39 Å². The van der Waals surface area contributed by atoms with E-state index in [2.05, 4.69) is 22.2 Å². The molecule has 0 aliphatic rings. The maximum absolute atomic E-state index is 13.2. The number of aryl methyl sites for hydroxylation is 1. The van der Waals surface area contributed by atoms with E-state index in [1.807, 2.05) is 6.92 Å². The quantitative estimate of drug-likeness (QED) is 0.822. The van der Waals surface area contributed by atoms with E-state index in [0.717, 1.165) is 30.6 Å². The van der Waals surface area contributed by atoms with Crippen molar-refractivity contribution >= 4 is 0 Å². The van der Waals surface area contributed by atoms with Gasteiger partial charge in [-0.05, 0) is 31.5 Å². The van der Waals surface area contributed by atoms with Gasteiger partial charge in [0.2, 0.25) is 0 Å². The molecule has 0 amide bonds.